The highest BCUT2D eigenvalue weighted by Crippen LogP contribution is 2.25. The van der Waals surface area contributed by atoms with Gasteiger partial charge in [-0.2, -0.15) is 0 Å². The minimum absolute atomic E-state index is 0.100. The lowest BCUT2D eigenvalue weighted by atomic mass is 9.86. The maximum Gasteiger partial charge on any atom is 0.185 e. The predicted molar refractivity (Wildman–Crippen MR) is 78.7 cm³/mol. The van der Waals surface area contributed by atoms with Crippen LogP contribution in [0.3, 0.4) is 0 Å². The van der Waals surface area contributed by atoms with Crippen molar-refractivity contribution in [3.63, 3.8) is 0 Å². The molecule has 10 heteroatoms. The van der Waals surface area contributed by atoms with Gasteiger partial charge in [0.05, 0.1) is 25.3 Å². The highest BCUT2D eigenvalue weighted by molar-refractivity contribution is 5.22. The summed E-state index contributed by atoms with van der Waals surface area (Å²) in [6.45, 7) is -1.04. The third kappa shape index (κ3) is 3.63. The highest BCUT2D eigenvalue weighted by Gasteiger charge is 2.47. The molecule has 24 heavy (non-hydrogen) atoms. The predicted octanol–water partition coefficient (Wildman–Crippen LogP) is -4.59. The van der Waals surface area contributed by atoms with Crippen molar-refractivity contribution in [2.45, 2.75) is 55.0 Å². The quantitative estimate of drug-likeness (QED) is 0.225. The number of nitrogens with one attached hydrogen (secondary N) is 1. The van der Waals surface area contributed by atoms with E-state index in [0.717, 1.165) is 0 Å². The van der Waals surface area contributed by atoms with E-state index in [1.807, 2.05) is 0 Å². The molecule has 10 nitrogen and oxygen atoms in total. The molecule has 0 spiro atoms. The molecule has 2 aliphatic rings. The normalized spacial score (nSPS) is 46.7. The van der Waals surface area contributed by atoms with E-state index >= 15 is 0 Å². The lowest BCUT2D eigenvalue weighted by molar-refractivity contribution is -0.272. The van der Waals surface area contributed by atoms with Crippen LogP contribution in [0.2, 0.25) is 0 Å². The zero-order valence-corrected chi connectivity index (χ0v) is 13.1. The molecule has 1 fully saturated rings. The standard InChI is InChI=1S/C14H25NO9/c1-23-14-12(21)8(11(20)7(4-17)24-14)15-6-2-5(3-16)9(18)13(22)10(6)19/h2,6-22H,3-4H2,1H3/t6-,7+,8-,9+,10-,11+,12-,13-,14-/m0/s1. The first kappa shape index (κ1) is 19.7. The van der Waals surface area contributed by atoms with Gasteiger partial charge in [0.2, 0.25) is 0 Å². The molecule has 0 aromatic heterocycles. The Morgan fingerprint density at radius 2 is 1.71 bits per heavy atom. The van der Waals surface area contributed by atoms with Crippen LogP contribution in [-0.4, -0.2) is 111 Å². The Balaban J connectivity index is 2.21. The summed E-state index contributed by atoms with van der Waals surface area (Å²) in [6.07, 6.45) is -7.85. The minimum atomic E-state index is -1.55. The van der Waals surface area contributed by atoms with Crippen LogP contribution in [0.25, 0.3) is 0 Å². The fourth-order valence-corrected chi connectivity index (χ4v) is 3.04. The van der Waals surface area contributed by atoms with Crippen LogP contribution in [0.4, 0.5) is 0 Å². The van der Waals surface area contributed by atoms with E-state index < -0.39 is 68.2 Å². The largest absolute Gasteiger partial charge is 0.394 e. The van der Waals surface area contributed by atoms with Crippen LogP contribution in [0, 0.1) is 0 Å². The fraction of sp³-hybridized carbons (Fsp3) is 0.857. The Labute approximate surface area is 138 Å². The average Bonchev–Trinajstić information content (AvgIpc) is 2.58. The SMILES string of the molecule is CO[C@H]1O[C@H](CO)[C@@H](O)[C@H](N[C@H]2C=C(CO)[C@@H](O)[C@H](O)[C@H]2O)[C@@H]1O. The van der Waals surface area contributed by atoms with Crippen molar-refractivity contribution in [3.05, 3.63) is 11.6 Å². The van der Waals surface area contributed by atoms with Crippen LogP contribution in [-0.2, 0) is 9.47 Å². The first-order valence-corrected chi connectivity index (χ1v) is 7.62. The second-order valence-corrected chi connectivity index (χ2v) is 5.99. The van der Waals surface area contributed by atoms with Gasteiger partial charge in [0.25, 0.3) is 0 Å². The Kier molecular flexibility index (Phi) is 6.67. The topological polar surface area (TPSA) is 172 Å². The molecule has 0 radical (unpaired) electrons. The summed E-state index contributed by atoms with van der Waals surface area (Å²) in [4.78, 5) is 0. The summed E-state index contributed by atoms with van der Waals surface area (Å²) in [6, 6.07) is -2.02. The molecule has 1 aliphatic heterocycles. The number of hydrogen-bond acceptors (Lipinski definition) is 10. The zero-order valence-electron chi connectivity index (χ0n) is 13.1. The number of aliphatic hydroxyl groups excluding tert-OH is 7. The molecule has 0 unspecified atom stereocenters. The molecule has 1 aliphatic carbocycles. The van der Waals surface area contributed by atoms with Gasteiger partial charge < -0.3 is 50.5 Å². The summed E-state index contributed by atoms with van der Waals surface area (Å²) < 4.78 is 10.2. The fourth-order valence-electron chi connectivity index (χ4n) is 3.04. The van der Waals surface area contributed by atoms with Gasteiger partial charge in [0.1, 0.15) is 36.6 Å². The summed E-state index contributed by atoms with van der Waals surface area (Å²) in [7, 11) is 1.29. The van der Waals surface area contributed by atoms with Crippen LogP contribution < -0.4 is 5.32 Å². The van der Waals surface area contributed by atoms with Crippen LogP contribution in [0.15, 0.2) is 11.6 Å². The Morgan fingerprint density at radius 1 is 1.04 bits per heavy atom. The molecule has 0 amide bonds. The van der Waals surface area contributed by atoms with Crippen LogP contribution in [0.1, 0.15) is 0 Å². The molecule has 1 saturated heterocycles. The molecular formula is C14H25NO9. The highest BCUT2D eigenvalue weighted by atomic mass is 16.7. The van der Waals surface area contributed by atoms with Crippen molar-refractivity contribution in [3.8, 4) is 0 Å². The van der Waals surface area contributed by atoms with Gasteiger partial charge >= 0.3 is 0 Å². The Morgan fingerprint density at radius 3 is 2.25 bits per heavy atom. The molecule has 9 atom stereocenters. The number of hydrogen-bond donors (Lipinski definition) is 8. The van der Waals surface area contributed by atoms with E-state index in [4.69, 9.17) is 9.47 Å². The maximum absolute atomic E-state index is 10.3. The third-order valence-corrected chi connectivity index (χ3v) is 4.50. The second kappa shape index (κ2) is 8.15. The van der Waals surface area contributed by atoms with Crippen molar-refractivity contribution in [2.75, 3.05) is 20.3 Å². The molecule has 1 heterocycles. The molecule has 8 N–H and O–H groups in total. The minimum Gasteiger partial charge on any atom is -0.394 e. The van der Waals surface area contributed by atoms with E-state index in [1.54, 1.807) is 0 Å². The lowest BCUT2D eigenvalue weighted by Gasteiger charge is -2.44. The molecule has 0 saturated carbocycles. The van der Waals surface area contributed by atoms with Gasteiger partial charge in [-0.25, -0.2) is 0 Å². The first-order chi connectivity index (χ1) is 11.3. The van der Waals surface area contributed by atoms with E-state index in [-0.39, 0.29) is 5.57 Å². The van der Waals surface area contributed by atoms with Gasteiger partial charge in [-0.3, -0.25) is 0 Å². The van der Waals surface area contributed by atoms with E-state index in [9.17, 15) is 35.7 Å². The smallest absolute Gasteiger partial charge is 0.185 e. The number of rotatable bonds is 5. The summed E-state index contributed by atoms with van der Waals surface area (Å²) in [5.74, 6) is 0. The van der Waals surface area contributed by atoms with E-state index in [0.29, 0.717) is 0 Å². The lowest BCUT2D eigenvalue weighted by Crippen LogP contribution is -2.67. The Hall–Kier alpha value is -0.660. The average molecular weight is 351 g/mol. The van der Waals surface area contributed by atoms with Crippen molar-refractivity contribution < 1.29 is 45.2 Å². The molecule has 2 rings (SSSR count). The summed E-state index contributed by atoms with van der Waals surface area (Å²) in [5.41, 5.74) is 0.100. The molecular weight excluding hydrogens is 326 g/mol. The number of methoxy groups -OCH3 is 1. The van der Waals surface area contributed by atoms with Crippen molar-refractivity contribution in [2.24, 2.45) is 0 Å². The van der Waals surface area contributed by atoms with Gasteiger partial charge in [-0.05, 0) is 5.57 Å². The zero-order chi connectivity index (χ0) is 18.0. The second-order valence-electron chi connectivity index (χ2n) is 5.99. The molecule has 140 valence electrons. The van der Waals surface area contributed by atoms with Crippen LogP contribution in [0.5, 0.6) is 0 Å². The maximum atomic E-state index is 10.3. The molecule has 0 aromatic carbocycles. The van der Waals surface area contributed by atoms with Crippen molar-refractivity contribution in [1.29, 1.82) is 0 Å². The van der Waals surface area contributed by atoms with Crippen LogP contribution >= 0.6 is 0 Å². The number of aliphatic hydroxyl groups is 7. The van der Waals surface area contributed by atoms with Gasteiger partial charge in [-0.1, -0.05) is 6.08 Å². The van der Waals surface area contributed by atoms with E-state index in [1.165, 1.54) is 13.2 Å². The Bertz CT molecular complexity index is 432. The van der Waals surface area contributed by atoms with Crippen molar-refractivity contribution in [1.82, 2.24) is 5.32 Å². The summed E-state index contributed by atoms with van der Waals surface area (Å²) >= 11 is 0. The molecule has 0 aromatic rings. The first-order valence-electron chi connectivity index (χ1n) is 7.62. The van der Waals surface area contributed by atoms with Gasteiger partial charge in [-0.15, -0.1) is 0 Å². The molecule has 0 bridgehead atoms. The van der Waals surface area contributed by atoms with E-state index in [2.05, 4.69) is 5.32 Å². The third-order valence-electron chi connectivity index (χ3n) is 4.50. The van der Waals surface area contributed by atoms with Gasteiger partial charge in [0, 0.05) is 7.11 Å². The summed E-state index contributed by atoms with van der Waals surface area (Å²) in [5, 5.41) is 71.5. The number of ether oxygens (including phenoxy) is 2. The van der Waals surface area contributed by atoms with Gasteiger partial charge in [0.15, 0.2) is 6.29 Å². The van der Waals surface area contributed by atoms with Crippen molar-refractivity contribution >= 4 is 0 Å². The monoisotopic (exact) mass is 351 g/mol.